The van der Waals surface area contributed by atoms with E-state index in [0.717, 1.165) is 25.2 Å². The molecule has 0 unspecified atom stereocenters. The van der Waals surface area contributed by atoms with E-state index >= 15 is 0 Å². The molecular weight excluding hydrogens is 310 g/mol. The van der Waals surface area contributed by atoms with Gasteiger partial charge in [0.05, 0.1) is 4.90 Å². The third kappa shape index (κ3) is 3.96. The lowest BCUT2D eigenvalue weighted by molar-refractivity contribution is 0.222. The molecule has 1 N–H and O–H groups in total. The van der Waals surface area contributed by atoms with Crippen LogP contribution >= 0.6 is 11.6 Å². The molecular formula is C14H22ClN3O2S. The van der Waals surface area contributed by atoms with Gasteiger partial charge >= 0.3 is 0 Å². The zero-order chi connectivity index (χ0) is 15.5. The molecule has 1 aliphatic heterocycles. The van der Waals surface area contributed by atoms with Crippen LogP contribution in [0.15, 0.2) is 23.1 Å². The van der Waals surface area contributed by atoms with Crippen LogP contribution in [-0.4, -0.2) is 57.4 Å². The van der Waals surface area contributed by atoms with E-state index in [1.165, 1.54) is 0 Å². The maximum Gasteiger partial charge on any atom is 0.243 e. The van der Waals surface area contributed by atoms with Gasteiger partial charge in [-0.15, -0.1) is 0 Å². The zero-order valence-corrected chi connectivity index (χ0v) is 14.0. The standard InChI is InChI=1S/C14H22ClN3O2S/c1-3-16-11-12-10-13(4-5-14(12)15)21(19,20)18-8-6-17(2)7-9-18/h4-5,10,16H,3,6-9,11H2,1-2H3. The third-order valence-electron chi connectivity index (χ3n) is 3.68. The molecule has 0 amide bonds. The Kier molecular flexibility index (Phi) is 5.62. The fraction of sp³-hybridized carbons (Fsp3) is 0.571. The van der Waals surface area contributed by atoms with Gasteiger partial charge in [0.1, 0.15) is 0 Å². The van der Waals surface area contributed by atoms with Crippen molar-refractivity contribution in [3.63, 3.8) is 0 Å². The van der Waals surface area contributed by atoms with Crippen molar-refractivity contribution in [2.75, 3.05) is 39.8 Å². The van der Waals surface area contributed by atoms with Gasteiger partial charge in [-0.3, -0.25) is 0 Å². The van der Waals surface area contributed by atoms with Gasteiger partial charge in [-0.05, 0) is 37.4 Å². The molecule has 1 aromatic carbocycles. The largest absolute Gasteiger partial charge is 0.313 e. The molecule has 1 aliphatic rings. The van der Waals surface area contributed by atoms with Crippen LogP contribution in [0.1, 0.15) is 12.5 Å². The SMILES string of the molecule is CCNCc1cc(S(=O)(=O)N2CCN(C)CC2)ccc1Cl. The molecule has 2 rings (SSSR count). The van der Waals surface area contributed by atoms with Gasteiger partial charge in [0.25, 0.3) is 0 Å². The molecule has 0 atom stereocenters. The minimum atomic E-state index is -3.43. The smallest absolute Gasteiger partial charge is 0.243 e. The fourth-order valence-electron chi connectivity index (χ4n) is 2.28. The number of sulfonamides is 1. The summed E-state index contributed by atoms with van der Waals surface area (Å²) in [4.78, 5) is 2.45. The van der Waals surface area contributed by atoms with E-state index in [4.69, 9.17) is 11.6 Å². The Bertz CT molecular complexity index is 584. The van der Waals surface area contributed by atoms with Crippen LogP contribution in [0.3, 0.4) is 0 Å². The monoisotopic (exact) mass is 331 g/mol. The topological polar surface area (TPSA) is 52.7 Å². The van der Waals surface area contributed by atoms with Gasteiger partial charge in [0, 0.05) is 37.7 Å². The summed E-state index contributed by atoms with van der Waals surface area (Å²) in [6, 6.07) is 4.93. The van der Waals surface area contributed by atoms with E-state index in [-0.39, 0.29) is 0 Å². The number of nitrogens with one attached hydrogen (secondary N) is 1. The number of piperazine rings is 1. The average molecular weight is 332 g/mol. The molecule has 118 valence electrons. The normalized spacial score (nSPS) is 18.0. The van der Waals surface area contributed by atoms with Crippen LogP contribution < -0.4 is 5.32 Å². The summed E-state index contributed by atoms with van der Waals surface area (Å²) < 4.78 is 26.9. The molecule has 0 bridgehead atoms. The molecule has 0 aromatic heterocycles. The van der Waals surface area contributed by atoms with Gasteiger partial charge in [-0.2, -0.15) is 4.31 Å². The molecule has 0 aliphatic carbocycles. The van der Waals surface area contributed by atoms with Crippen molar-refractivity contribution in [2.45, 2.75) is 18.4 Å². The molecule has 1 heterocycles. The van der Waals surface area contributed by atoms with Crippen molar-refractivity contribution in [3.05, 3.63) is 28.8 Å². The Morgan fingerprint density at radius 2 is 1.90 bits per heavy atom. The molecule has 1 saturated heterocycles. The van der Waals surface area contributed by atoms with Gasteiger partial charge in [0.15, 0.2) is 0 Å². The van der Waals surface area contributed by atoms with Crippen molar-refractivity contribution >= 4 is 21.6 Å². The summed E-state index contributed by atoms with van der Waals surface area (Å²) in [6.07, 6.45) is 0. The van der Waals surface area contributed by atoms with Crippen LogP contribution in [0, 0.1) is 0 Å². The number of hydrogen-bond acceptors (Lipinski definition) is 4. The lowest BCUT2D eigenvalue weighted by Crippen LogP contribution is -2.47. The molecule has 0 saturated carbocycles. The Morgan fingerprint density at radius 3 is 2.52 bits per heavy atom. The van der Waals surface area contributed by atoms with Gasteiger partial charge < -0.3 is 10.2 Å². The Balaban J connectivity index is 2.23. The number of halogens is 1. The van der Waals surface area contributed by atoms with Crippen molar-refractivity contribution < 1.29 is 8.42 Å². The van der Waals surface area contributed by atoms with E-state index < -0.39 is 10.0 Å². The fourth-order valence-corrected chi connectivity index (χ4v) is 3.94. The highest BCUT2D eigenvalue weighted by molar-refractivity contribution is 7.89. The molecule has 1 fully saturated rings. The van der Waals surface area contributed by atoms with Crippen LogP contribution in [0.2, 0.25) is 5.02 Å². The van der Waals surface area contributed by atoms with Crippen molar-refractivity contribution in [1.29, 1.82) is 0 Å². The van der Waals surface area contributed by atoms with E-state index in [9.17, 15) is 8.42 Å². The summed E-state index contributed by atoms with van der Waals surface area (Å²) in [6.45, 7) is 5.97. The van der Waals surface area contributed by atoms with E-state index in [1.807, 2.05) is 14.0 Å². The summed E-state index contributed by atoms with van der Waals surface area (Å²) in [7, 11) is -1.43. The highest BCUT2D eigenvalue weighted by Gasteiger charge is 2.27. The maximum atomic E-state index is 12.7. The third-order valence-corrected chi connectivity index (χ3v) is 5.95. The highest BCUT2D eigenvalue weighted by Crippen LogP contribution is 2.23. The average Bonchev–Trinajstić information content (AvgIpc) is 2.46. The van der Waals surface area contributed by atoms with Crippen molar-refractivity contribution in [3.8, 4) is 0 Å². The minimum absolute atomic E-state index is 0.323. The first kappa shape index (κ1) is 16.7. The molecule has 0 radical (unpaired) electrons. The predicted molar refractivity (Wildman–Crippen MR) is 85.1 cm³/mol. The van der Waals surface area contributed by atoms with E-state index in [0.29, 0.717) is 29.6 Å². The van der Waals surface area contributed by atoms with Gasteiger partial charge in [0.2, 0.25) is 10.0 Å². The molecule has 5 nitrogen and oxygen atoms in total. The number of likely N-dealkylation sites (N-methyl/N-ethyl adjacent to an activating group) is 1. The molecule has 1 aromatic rings. The zero-order valence-electron chi connectivity index (χ0n) is 12.5. The van der Waals surface area contributed by atoms with Gasteiger partial charge in [-0.1, -0.05) is 18.5 Å². The summed E-state index contributed by atoms with van der Waals surface area (Å²) in [5.41, 5.74) is 0.814. The molecule has 0 spiro atoms. The lowest BCUT2D eigenvalue weighted by Gasteiger charge is -2.31. The predicted octanol–water partition coefficient (Wildman–Crippen LogP) is 1.39. The second-order valence-corrected chi connectivity index (χ2v) is 7.59. The lowest BCUT2D eigenvalue weighted by atomic mass is 10.2. The minimum Gasteiger partial charge on any atom is -0.313 e. The van der Waals surface area contributed by atoms with Crippen LogP contribution in [-0.2, 0) is 16.6 Å². The molecule has 21 heavy (non-hydrogen) atoms. The second kappa shape index (κ2) is 7.07. The quantitative estimate of drug-likeness (QED) is 0.886. The van der Waals surface area contributed by atoms with Gasteiger partial charge in [-0.25, -0.2) is 8.42 Å². The van der Waals surface area contributed by atoms with E-state index in [1.54, 1.807) is 22.5 Å². The summed E-state index contributed by atoms with van der Waals surface area (Å²) in [5.74, 6) is 0. The molecule has 7 heteroatoms. The number of rotatable bonds is 5. The maximum absolute atomic E-state index is 12.7. The van der Waals surface area contributed by atoms with Crippen LogP contribution in [0.25, 0.3) is 0 Å². The number of nitrogens with zero attached hydrogens (tertiary/aromatic N) is 2. The number of benzene rings is 1. The first-order valence-electron chi connectivity index (χ1n) is 7.13. The summed E-state index contributed by atoms with van der Waals surface area (Å²) in [5, 5.41) is 3.76. The Morgan fingerprint density at radius 1 is 1.24 bits per heavy atom. The first-order valence-corrected chi connectivity index (χ1v) is 8.94. The van der Waals surface area contributed by atoms with Crippen LogP contribution in [0.5, 0.6) is 0 Å². The van der Waals surface area contributed by atoms with Crippen molar-refractivity contribution in [1.82, 2.24) is 14.5 Å². The van der Waals surface area contributed by atoms with E-state index in [2.05, 4.69) is 10.2 Å². The number of hydrogen-bond donors (Lipinski definition) is 1. The summed E-state index contributed by atoms with van der Waals surface area (Å²) >= 11 is 6.13. The van der Waals surface area contributed by atoms with Crippen molar-refractivity contribution in [2.24, 2.45) is 0 Å². The second-order valence-electron chi connectivity index (χ2n) is 5.24. The Labute approximate surface area is 131 Å². The Hall–Kier alpha value is -0.660. The first-order chi connectivity index (χ1) is 9.95. The van der Waals surface area contributed by atoms with Crippen LogP contribution in [0.4, 0.5) is 0 Å². The highest BCUT2D eigenvalue weighted by atomic mass is 35.5.